The van der Waals surface area contributed by atoms with E-state index in [0.717, 1.165) is 0 Å². The van der Waals surface area contributed by atoms with Crippen LogP contribution in [-0.2, 0) is 20.7 Å². The van der Waals surface area contributed by atoms with Crippen molar-refractivity contribution in [2.45, 2.75) is 19.4 Å². The van der Waals surface area contributed by atoms with Gasteiger partial charge in [-0.05, 0) is 29.8 Å². The minimum Gasteiger partial charge on any atom is -0.506 e. The smallest absolute Gasteiger partial charge is 0.328 e. The number of amides is 1. The summed E-state index contributed by atoms with van der Waals surface area (Å²) in [7, 11) is 1.21. The van der Waals surface area contributed by atoms with Crippen LogP contribution in [0.15, 0.2) is 35.5 Å². The molecule has 1 atom stereocenters. The zero-order valence-electron chi connectivity index (χ0n) is 11.8. The molecule has 7 heteroatoms. The van der Waals surface area contributed by atoms with E-state index in [0.29, 0.717) is 5.56 Å². The molecule has 1 rings (SSSR count). The van der Waals surface area contributed by atoms with E-state index in [-0.39, 0.29) is 23.4 Å². The third kappa shape index (κ3) is 4.41. The lowest BCUT2D eigenvalue weighted by molar-refractivity contribution is -0.144. The van der Waals surface area contributed by atoms with Crippen LogP contribution in [0.4, 0.5) is 5.69 Å². The molecule has 0 heterocycles. The van der Waals surface area contributed by atoms with Crippen molar-refractivity contribution in [3.63, 3.8) is 0 Å². The number of carbonyl (C=O) groups excluding carboxylic acids is 2. The number of benzene rings is 1. The van der Waals surface area contributed by atoms with E-state index in [4.69, 9.17) is 0 Å². The molecule has 0 aliphatic heterocycles. The molecule has 112 valence electrons. The molecular weight excluding hydrogens is 276 g/mol. The summed E-state index contributed by atoms with van der Waals surface area (Å²) in [5, 5.41) is 14.5. The van der Waals surface area contributed by atoms with Gasteiger partial charge in [-0.2, -0.15) is 0 Å². The molecule has 0 aromatic heterocycles. The lowest BCUT2D eigenvalue weighted by atomic mass is 10.0. The number of carbonyl (C=O) groups is 2. The molecule has 1 amide bonds. The standard InChI is InChI=1S/C14H16N2O5/c1-8(2)13(18)15-11(14(19)21-3)7-9-4-5-12(17)10(6-9)16-20/h4-6,11,17H,1,7H2,2-3H3,(H,15,18). The van der Waals surface area contributed by atoms with E-state index in [9.17, 15) is 19.6 Å². The molecule has 21 heavy (non-hydrogen) atoms. The number of methoxy groups -OCH3 is 1. The van der Waals surface area contributed by atoms with E-state index in [1.54, 1.807) is 0 Å². The number of phenolic OH excluding ortho intramolecular Hbond substituents is 1. The van der Waals surface area contributed by atoms with Gasteiger partial charge in [0.15, 0.2) is 0 Å². The van der Waals surface area contributed by atoms with Gasteiger partial charge in [0.05, 0.1) is 7.11 Å². The van der Waals surface area contributed by atoms with Crippen LogP contribution in [0.2, 0.25) is 0 Å². The first kappa shape index (κ1) is 16.4. The molecule has 0 bridgehead atoms. The van der Waals surface area contributed by atoms with Crippen molar-refractivity contribution in [3.8, 4) is 5.75 Å². The van der Waals surface area contributed by atoms with Gasteiger partial charge in [-0.3, -0.25) is 4.79 Å². The van der Waals surface area contributed by atoms with Crippen molar-refractivity contribution in [2.75, 3.05) is 7.11 Å². The Morgan fingerprint density at radius 3 is 2.67 bits per heavy atom. The first-order valence-corrected chi connectivity index (χ1v) is 6.08. The Morgan fingerprint density at radius 1 is 1.48 bits per heavy atom. The molecule has 0 spiro atoms. The number of aromatic hydroxyl groups is 1. The topological polar surface area (TPSA) is 105 Å². The second-order valence-corrected chi connectivity index (χ2v) is 4.45. The van der Waals surface area contributed by atoms with Gasteiger partial charge in [-0.1, -0.05) is 12.6 Å². The lowest BCUT2D eigenvalue weighted by Crippen LogP contribution is -2.43. The maximum Gasteiger partial charge on any atom is 0.328 e. The van der Waals surface area contributed by atoms with Crippen LogP contribution in [0.3, 0.4) is 0 Å². The average Bonchev–Trinajstić information content (AvgIpc) is 2.47. The fourth-order valence-corrected chi connectivity index (χ4v) is 1.62. The van der Waals surface area contributed by atoms with Crippen molar-refractivity contribution in [3.05, 3.63) is 40.8 Å². The Kier molecular flexibility index (Phi) is 5.59. The van der Waals surface area contributed by atoms with Crippen LogP contribution in [0.1, 0.15) is 12.5 Å². The zero-order valence-corrected chi connectivity index (χ0v) is 11.8. The SMILES string of the molecule is C=C(C)C(=O)NC(Cc1ccc(O)c(N=O)c1)C(=O)OC. The van der Waals surface area contributed by atoms with Crippen LogP contribution in [0, 0.1) is 4.91 Å². The number of nitrogens with one attached hydrogen (secondary N) is 1. The van der Waals surface area contributed by atoms with E-state index in [2.05, 4.69) is 21.8 Å². The summed E-state index contributed by atoms with van der Waals surface area (Å²) in [5.41, 5.74) is 0.659. The number of phenols is 1. The van der Waals surface area contributed by atoms with E-state index in [1.807, 2.05) is 0 Å². The number of nitroso groups, excluding NO2 is 1. The molecule has 0 saturated heterocycles. The Hall–Kier alpha value is -2.70. The van der Waals surface area contributed by atoms with Crippen molar-refractivity contribution in [1.82, 2.24) is 5.32 Å². The minimum absolute atomic E-state index is 0.0918. The van der Waals surface area contributed by atoms with Gasteiger partial charge in [0.2, 0.25) is 5.91 Å². The van der Waals surface area contributed by atoms with Crippen LogP contribution in [0.25, 0.3) is 0 Å². The average molecular weight is 292 g/mol. The van der Waals surface area contributed by atoms with Crippen molar-refractivity contribution in [2.24, 2.45) is 5.18 Å². The molecule has 0 aliphatic carbocycles. The van der Waals surface area contributed by atoms with E-state index < -0.39 is 17.9 Å². The highest BCUT2D eigenvalue weighted by Gasteiger charge is 2.22. The quantitative estimate of drug-likeness (QED) is 0.470. The van der Waals surface area contributed by atoms with Crippen molar-refractivity contribution >= 4 is 17.6 Å². The normalized spacial score (nSPS) is 11.3. The molecule has 0 fully saturated rings. The van der Waals surface area contributed by atoms with Gasteiger partial charge in [0.25, 0.3) is 0 Å². The number of nitrogens with zero attached hydrogens (tertiary/aromatic N) is 1. The third-order valence-corrected chi connectivity index (χ3v) is 2.76. The van der Waals surface area contributed by atoms with Crippen molar-refractivity contribution in [1.29, 1.82) is 0 Å². The largest absolute Gasteiger partial charge is 0.506 e. The first-order chi connectivity index (χ1) is 9.88. The van der Waals surface area contributed by atoms with Gasteiger partial charge in [0.1, 0.15) is 17.5 Å². The fraction of sp³-hybridized carbons (Fsp3) is 0.286. The summed E-state index contributed by atoms with van der Waals surface area (Å²) in [5.74, 6) is -1.36. The number of hydrogen-bond donors (Lipinski definition) is 2. The highest BCUT2D eigenvalue weighted by atomic mass is 16.5. The lowest BCUT2D eigenvalue weighted by Gasteiger charge is -2.16. The summed E-state index contributed by atoms with van der Waals surface area (Å²) >= 11 is 0. The van der Waals surface area contributed by atoms with Crippen LogP contribution in [-0.4, -0.2) is 30.1 Å². The summed E-state index contributed by atoms with van der Waals surface area (Å²) in [4.78, 5) is 33.8. The second-order valence-electron chi connectivity index (χ2n) is 4.45. The summed E-state index contributed by atoms with van der Waals surface area (Å²) in [6.45, 7) is 5.00. The van der Waals surface area contributed by atoms with Gasteiger partial charge in [-0.15, -0.1) is 4.91 Å². The van der Waals surface area contributed by atoms with Crippen LogP contribution >= 0.6 is 0 Å². The fourth-order valence-electron chi connectivity index (χ4n) is 1.62. The Morgan fingerprint density at radius 2 is 2.14 bits per heavy atom. The first-order valence-electron chi connectivity index (χ1n) is 6.08. The van der Waals surface area contributed by atoms with Crippen LogP contribution < -0.4 is 5.32 Å². The Bertz CT molecular complexity index is 583. The second kappa shape index (κ2) is 7.18. The molecule has 1 aromatic carbocycles. The molecule has 7 nitrogen and oxygen atoms in total. The summed E-state index contributed by atoms with van der Waals surface area (Å²) in [6, 6.07) is 3.22. The van der Waals surface area contributed by atoms with E-state index in [1.165, 1.54) is 32.2 Å². The maximum atomic E-state index is 11.7. The summed E-state index contributed by atoms with van der Waals surface area (Å²) < 4.78 is 4.63. The molecule has 0 aliphatic rings. The molecule has 1 aromatic rings. The highest BCUT2D eigenvalue weighted by Crippen LogP contribution is 2.27. The Labute approximate surface area is 121 Å². The molecule has 2 N–H and O–H groups in total. The summed E-state index contributed by atoms with van der Waals surface area (Å²) in [6.07, 6.45) is 0.0918. The highest BCUT2D eigenvalue weighted by molar-refractivity contribution is 5.95. The molecule has 0 saturated carbocycles. The predicted octanol–water partition coefficient (Wildman–Crippen LogP) is 1.57. The maximum absolute atomic E-state index is 11.7. The Balaban J connectivity index is 2.95. The minimum atomic E-state index is -0.928. The van der Waals surface area contributed by atoms with Crippen LogP contribution in [0.5, 0.6) is 5.75 Å². The van der Waals surface area contributed by atoms with Gasteiger partial charge in [0, 0.05) is 12.0 Å². The molecule has 1 unspecified atom stereocenters. The van der Waals surface area contributed by atoms with Crippen molar-refractivity contribution < 1.29 is 19.4 Å². The van der Waals surface area contributed by atoms with Gasteiger partial charge < -0.3 is 15.2 Å². The van der Waals surface area contributed by atoms with Gasteiger partial charge >= 0.3 is 5.97 Å². The number of esters is 1. The third-order valence-electron chi connectivity index (χ3n) is 2.76. The number of ether oxygens (including phenoxy) is 1. The molecule has 0 radical (unpaired) electrons. The zero-order chi connectivity index (χ0) is 16.0. The van der Waals surface area contributed by atoms with E-state index >= 15 is 0 Å². The number of rotatable bonds is 6. The van der Waals surface area contributed by atoms with Gasteiger partial charge in [-0.25, -0.2) is 4.79 Å². The molecular formula is C14H16N2O5. The number of hydrogen-bond acceptors (Lipinski definition) is 6. The monoisotopic (exact) mass is 292 g/mol. The predicted molar refractivity (Wildman–Crippen MR) is 76.0 cm³/mol.